The molecule has 6 nitrogen and oxygen atoms in total. The van der Waals surface area contributed by atoms with Gasteiger partial charge in [-0.15, -0.1) is 11.3 Å². The lowest BCUT2D eigenvalue weighted by Crippen LogP contribution is -2.52. The zero-order valence-corrected chi connectivity index (χ0v) is 17.3. The molecule has 3 saturated heterocycles. The Morgan fingerprint density at radius 2 is 2.00 bits per heavy atom. The van der Waals surface area contributed by atoms with Crippen LogP contribution >= 0.6 is 11.3 Å². The minimum absolute atomic E-state index is 0.0211. The van der Waals surface area contributed by atoms with Crippen LogP contribution in [0.25, 0.3) is 0 Å². The molecule has 28 heavy (non-hydrogen) atoms. The van der Waals surface area contributed by atoms with Gasteiger partial charge in [0.05, 0.1) is 15.9 Å². The molecule has 0 aliphatic carbocycles. The number of ether oxygens (including phenoxy) is 1. The average molecular weight is 405 g/mol. The third-order valence-electron chi connectivity index (χ3n) is 6.81. The Morgan fingerprint density at radius 1 is 1.25 bits per heavy atom. The second-order valence-electron chi connectivity index (χ2n) is 8.29. The summed E-state index contributed by atoms with van der Waals surface area (Å²) in [4.78, 5) is 40.7. The van der Waals surface area contributed by atoms with Gasteiger partial charge in [0.15, 0.2) is 5.78 Å². The molecule has 4 heterocycles. The molecule has 3 atom stereocenters. The van der Waals surface area contributed by atoms with Crippen molar-refractivity contribution in [3.8, 4) is 0 Å². The summed E-state index contributed by atoms with van der Waals surface area (Å²) in [7, 11) is 0. The molecular weight excluding hydrogens is 376 g/mol. The van der Waals surface area contributed by atoms with Crippen LogP contribution in [-0.2, 0) is 9.53 Å². The summed E-state index contributed by atoms with van der Waals surface area (Å²) >= 11 is 1.31. The van der Waals surface area contributed by atoms with E-state index in [2.05, 4.69) is 12.2 Å². The number of thiophene rings is 1. The zero-order valence-electron chi connectivity index (χ0n) is 16.5. The summed E-state index contributed by atoms with van der Waals surface area (Å²) < 4.78 is 5.40. The molecule has 4 rings (SSSR count). The normalized spacial score (nSPS) is 29.9. The zero-order chi connectivity index (χ0) is 19.9. The molecule has 0 saturated carbocycles. The fourth-order valence-electron chi connectivity index (χ4n) is 5.23. The third kappa shape index (κ3) is 3.18. The Hall–Kier alpha value is -1.73. The SMILES string of the molecule is CC[C@]1(C(=O)NC2CCOCC2)C[C@H]2CC[C@@H]1N2C(=O)c1csc(C(C)=O)c1. The molecule has 3 aliphatic rings. The van der Waals surface area contributed by atoms with Gasteiger partial charge in [0.25, 0.3) is 5.91 Å². The van der Waals surface area contributed by atoms with Gasteiger partial charge >= 0.3 is 0 Å². The Labute approximate surface area is 169 Å². The fourth-order valence-corrected chi connectivity index (χ4v) is 6.01. The Bertz CT molecular complexity index is 785. The van der Waals surface area contributed by atoms with Crippen molar-refractivity contribution in [2.24, 2.45) is 5.41 Å². The summed E-state index contributed by atoms with van der Waals surface area (Å²) in [6.07, 6.45) is 4.99. The molecule has 1 N–H and O–H groups in total. The summed E-state index contributed by atoms with van der Waals surface area (Å²) in [5.41, 5.74) is 0.0693. The molecule has 2 bridgehead atoms. The van der Waals surface area contributed by atoms with Gasteiger partial charge in [-0.25, -0.2) is 0 Å². The molecule has 0 aromatic carbocycles. The van der Waals surface area contributed by atoms with E-state index >= 15 is 0 Å². The highest BCUT2D eigenvalue weighted by molar-refractivity contribution is 7.12. The molecule has 1 aromatic rings. The van der Waals surface area contributed by atoms with Gasteiger partial charge in [-0.2, -0.15) is 0 Å². The van der Waals surface area contributed by atoms with Gasteiger partial charge in [0.2, 0.25) is 5.91 Å². The number of Topliss-reactive ketones (excluding diaryl/α,β-unsaturated/α-hetero) is 1. The van der Waals surface area contributed by atoms with Crippen LogP contribution in [0.15, 0.2) is 11.4 Å². The molecule has 7 heteroatoms. The highest BCUT2D eigenvalue weighted by atomic mass is 32.1. The lowest BCUT2D eigenvalue weighted by Gasteiger charge is -2.37. The van der Waals surface area contributed by atoms with Crippen LogP contribution in [0, 0.1) is 5.41 Å². The number of nitrogens with zero attached hydrogens (tertiary/aromatic N) is 1. The smallest absolute Gasteiger partial charge is 0.255 e. The summed E-state index contributed by atoms with van der Waals surface area (Å²) in [5.74, 6) is 0.0410. The van der Waals surface area contributed by atoms with E-state index in [0.717, 1.165) is 38.5 Å². The minimum atomic E-state index is -0.504. The van der Waals surface area contributed by atoms with Crippen LogP contribution in [-0.4, -0.2) is 53.8 Å². The molecular formula is C21H28N2O4S. The van der Waals surface area contributed by atoms with E-state index in [0.29, 0.717) is 23.7 Å². The van der Waals surface area contributed by atoms with Crippen LogP contribution in [0.5, 0.6) is 0 Å². The van der Waals surface area contributed by atoms with E-state index in [4.69, 9.17) is 4.74 Å². The number of amides is 2. The molecule has 3 aliphatic heterocycles. The van der Waals surface area contributed by atoms with Crippen LogP contribution in [0.1, 0.15) is 72.4 Å². The molecule has 0 unspecified atom stereocenters. The molecule has 1 aromatic heterocycles. The van der Waals surface area contributed by atoms with E-state index < -0.39 is 5.41 Å². The van der Waals surface area contributed by atoms with Crippen LogP contribution in [0.2, 0.25) is 0 Å². The van der Waals surface area contributed by atoms with E-state index in [9.17, 15) is 14.4 Å². The first kappa shape index (κ1) is 19.6. The number of hydrogen-bond acceptors (Lipinski definition) is 5. The summed E-state index contributed by atoms with van der Waals surface area (Å²) in [6, 6.07) is 1.92. The van der Waals surface area contributed by atoms with E-state index in [-0.39, 0.29) is 35.7 Å². The molecule has 0 radical (unpaired) electrons. The van der Waals surface area contributed by atoms with E-state index in [1.54, 1.807) is 11.4 Å². The van der Waals surface area contributed by atoms with Gasteiger partial charge in [-0.05, 0) is 51.5 Å². The third-order valence-corrected chi connectivity index (χ3v) is 7.84. The number of rotatable bonds is 5. The fraction of sp³-hybridized carbons (Fsp3) is 0.667. The Kier molecular flexibility index (Phi) is 5.31. The number of ketones is 1. The predicted octanol–water partition coefficient (Wildman–Crippen LogP) is 3.02. The molecule has 2 amide bonds. The summed E-state index contributed by atoms with van der Waals surface area (Å²) in [5, 5.41) is 5.03. The van der Waals surface area contributed by atoms with Crippen molar-refractivity contribution < 1.29 is 19.1 Å². The number of fused-ring (bicyclic) bond motifs is 2. The van der Waals surface area contributed by atoms with Crippen molar-refractivity contribution in [2.75, 3.05) is 13.2 Å². The second kappa shape index (κ2) is 7.59. The van der Waals surface area contributed by atoms with Gasteiger partial charge in [0, 0.05) is 36.7 Å². The highest BCUT2D eigenvalue weighted by Crippen LogP contribution is 2.52. The topological polar surface area (TPSA) is 75.7 Å². The average Bonchev–Trinajstić information content (AvgIpc) is 3.42. The standard InChI is InChI=1S/C21H28N2O4S/c1-3-21(20(26)22-15-6-8-27-9-7-15)11-16-4-5-18(21)23(16)19(25)14-10-17(13(2)24)28-12-14/h10,12,15-16,18H,3-9,11H2,1-2H3,(H,22,26)/t16-,18+,21+/m1/s1. The van der Waals surface area contributed by atoms with Crippen molar-refractivity contribution in [3.05, 3.63) is 21.9 Å². The number of nitrogens with one attached hydrogen (secondary N) is 1. The monoisotopic (exact) mass is 404 g/mol. The van der Waals surface area contributed by atoms with Crippen molar-refractivity contribution in [2.45, 2.75) is 70.5 Å². The van der Waals surface area contributed by atoms with Gasteiger partial charge in [0.1, 0.15) is 0 Å². The lowest BCUT2D eigenvalue weighted by molar-refractivity contribution is -0.134. The highest BCUT2D eigenvalue weighted by Gasteiger charge is 2.60. The van der Waals surface area contributed by atoms with Crippen LogP contribution in [0.3, 0.4) is 0 Å². The summed E-state index contributed by atoms with van der Waals surface area (Å²) in [6.45, 7) is 4.96. The Morgan fingerprint density at radius 3 is 2.64 bits per heavy atom. The quantitative estimate of drug-likeness (QED) is 0.766. The molecule has 152 valence electrons. The predicted molar refractivity (Wildman–Crippen MR) is 107 cm³/mol. The van der Waals surface area contributed by atoms with Crippen molar-refractivity contribution in [1.29, 1.82) is 0 Å². The van der Waals surface area contributed by atoms with Crippen molar-refractivity contribution in [3.63, 3.8) is 0 Å². The second-order valence-corrected chi connectivity index (χ2v) is 9.20. The maximum atomic E-state index is 13.3. The van der Waals surface area contributed by atoms with Crippen molar-refractivity contribution in [1.82, 2.24) is 10.2 Å². The maximum Gasteiger partial charge on any atom is 0.255 e. The first-order chi connectivity index (χ1) is 13.5. The largest absolute Gasteiger partial charge is 0.381 e. The van der Waals surface area contributed by atoms with Gasteiger partial charge in [-0.3, -0.25) is 14.4 Å². The number of carbonyl (C=O) groups is 3. The lowest BCUT2D eigenvalue weighted by atomic mass is 9.71. The van der Waals surface area contributed by atoms with E-state index in [1.165, 1.54) is 18.3 Å². The number of hydrogen-bond donors (Lipinski definition) is 1. The van der Waals surface area contributed by atoms with Crippen LogP contribution in [0.4, 0.5) is 0 Å². The minimum Gasteiger partial charge on any atom is -0.381 e. The number of carbonyl (C=O) groups excluding carboxylic acids is 3. The molecule has 0 spiro atoms. The van der Waals surface area contributed by atoms with E-state index in [1.807, 2.05) is 4.90 Å². The molecule has 3 fully saturated rings. The van der Waals surface area contributed by atoms with Crippen LogP contribution < -0.4 is 5.32 Å². The first-order valence-electron chi connectivity index (χ1n) is 10.3. The first-order valence-corrected chi connectivity index (χ1v) is 11.1. The van der Waals surface area contributed by atoms with Crippen molar-refractivity contribution >= 4 is 28.9 Å². The van der Waals surface area contributed by atoms with Gasteiger partial charge in [-0.1, -0.05) is 6.92 Å². The maximum absolute atomic E-state index is 13.3. The van der Waals surface area contributed by atoms with Gasteiger partial charge < -0.3 is 15.0 Å². The Balaban J connectivity index is 1.54.